The average Bonchev–Trinajstić information content (AvgIpc) is 3.24. The summed E-state index contributed by atoms with van der Waals surface area (Å²) in [5, 5.41) is 32.5. The quantitative estimate of drug-likeness (QED) is 0.0690. The highest BCUT2D eigenvalue weighted by Gasteiger charge is 2.29. The Balaban J connectivity index is 1.13. The molecule has 0 bridgehead atoms. The lowest BCUT2D eigenvalue weighted by Gasteiger charge is -2.33. The third-order valence-electron chi connectivity index (χ3n) is 10.6. The molecule has 0 unspecified atom stereocenters. The second-order valence-corrected chi connectivity index (χ2v) is 15.0. The maximum absolute atomic E-state index is 12.1. The number of likely N-dealkylation sites (tertiary alicyclic amines) is 1. The van der Waals surface area contributed by atoms with Crippen molar-refractivity contribution in [1.29, 1.82) is 5.26 Å². The van der Waals surface area contributed by atoms with E-state index >= 15 is 0 Å². The average molecular weight is 818 g/mol. The number of hydrogen-bond donors (Lipinski definition) is 3. The van der Waals surface area contributed by atoms with Crippen molar-refractivity contribution < 1.29 is 34.0 Å². The first-order chi connectivity index (χ1) is 28.6. The molecule has 59 heavy (non-hydrogen) atoms. The first-order valence-electron chi connectivity index (χ1n) is 19.7. The number of nitrogens with zero attached hydrogens (tertiary/aromatic N) is 4. The van der Waals surface area contributed by atoms with E-state index in [1.807, 2.05) is 48.2 Å². The number of ether oxygens (including phenoxy) is 3. The van der Waals surface area contributed by atoms with Crippen LogP contribution in [0.1, 0.15) is 64.6 Å². The Labute approximate surface area is 349 Å². The number of carbonyl (C=O) groups is 2. The number of carboxylic acids is 2. The number of piperidine rings is 1. The van der Waals surface area contributed by atoms with E-state index in [2.05, 4.69) is 40.4 Å². The predicted molar refractivity (Wildman–Crippen MR) is 224 cm³/mol. The van der Waals surface area contributed by atoms with Crippen molar-refractivity contribution in [2.45, 2.75) is 77.8 Å². The molecule has 6 rings (SSSR count). The molecule has 2 aromatic heterocycles. The van der Waals surface area contributed by atoms with E-state index < -0.39 is 24.0 Å². The van der Waals surface area contributed by atoms with Gasteiger partial charge in [0.1, 0.15) is 48.6 Å². The number of benzene rings is 3. The molecule has 12 nitrogen and oxygen atoms in total. The Morgan fingerprint density at radius 3 is 2.41 bits per heavy atom. The van der Waals surface area contributed by atoms with Crippen molar-refractivity contribution >= 4 is 23.5 Å². The number of nitrogens with one attached hydrogen (secondary N) is 1. The van der Waals surface area contributed by atoms with E-state index in [0.29, 0.717) is 73.2 Å². The van der Waals surface area contributed by atoms with Crippen molar-refractivity contribution in [3.05, 3.63) is 135 Å². The summed E-state index contributed by atoms with van der Waals surface area (Å²) in [5.74, 6) is -0.0759. The SMILES string of the molecule is Cc1c(COc2cc(OCc3cncc(C#N)c3)c(CN3CCCC[C@H]3C(=O)O)cc2Cl)cccc1-c1cccc(OCCCN[C@@H](Cc2ccncc2)C(=O)O)c1C. The second-order valence-electron chi connectivity index (χ2n) is 14.6. The Hall–Kier alpha value is -6.00. The minimum Gasteiger partial charge on any atom is -0.493 e. The third-order valence-corrected chi connectivity index (χ3v) is 10.9. The highest BCUT2D eigenvalue weighted by atomic mass is 35.5. The maximum atomic E-state index is 12.1. The summed E-state index contributed by atoms with van der Waals surface area (Å²) in [5.41, 5.74) is 7.80. The molecule has 2 atom stereocenters. The van der Waals surface area contributed by atoms with Crippen LogP contribution in [0.25, 0.3) is 11.1 Å². The van der Waals surface area contributed by atoms with Crippen molar-refractivity contribution in [2.24, 2.45) is 0 Å². The molecule has 3 N–H and O–H groups in total. The Bertz CT molecular complexity index is 2280. The second kappa shape index (κ2) is 20.6. The number of halogens is 1. The number of hydrogen-bond acceptors (Lipinski definition) is 10. The Morgan fingerprint density at radius 1 is 0.881 bits per heavy atom. The number of aromatic nitrogens is 2. The number of rotatable bonds is 19. The molecule has 1 fully saturated rings. The van der Waals surface area contributed by atoms with Gasteiger partial charge in [-0.1, -0.05) is 48.4 Å². The molecule has 0 saturated carbocycles. The molecule has 13 heteroatoms. The van der Waals surface area contributed by atoms with Crippen molar-refractivity contribution in [2.75, 3.05) is 19.7 Å². The highest BCUT2D eigenvalue weighted by molar-refractivity contribution is 6.32. The summed E-state index contributed by atoms with van der Waals surface area (Å²) in [6, 6.07) is 21.7. The lowest BCUT2D eigenvalue weighted by atomic mass is 9.93. The topological polar surface area (TPSA) is 167 Å². The van der Waals surface area contributed by atoms with Crippen LogP contribution >= 0.6 is 11.6 Å². The Morgan fingerprint density at radius 2 is 1.64 bits per heavy atom. The van der Waals surface area contributed by atoms with Crippen LogP contribution in [0.3, 0.4) is 0 Å². The molecule has 1 saturated heterocycles. The zero-order valence-electron chi connectivity index (χ0n) is 33.2. The molecular formula is C46H48ClN5O7. The molecule has 0 spiro atoms. The van der Waals surface area contributed by atoms with Gasteiger partial charge in [-0.05, 0) is 116 Å². The minimum atomic E-state index is -0.900. The molecule has 3 heterocycles. The van der Waals surface area contributed by atoms with Gasteiger partial charge in [-0.15, -0.1) is 0 Å². The number of nitriles is 1. The minimum absolute atomic E-state index is 0.136. The zero-order chi connectivity index (χ0) is 41.7. The van der Waals surface area contributed by atoms with Crippen LogP contribution in [0.4, 0.5) is 0 Å². The molecule has 1 aliphatic heterocycles. The van der Waals surface area contributed by atoms with E-state index in [1.165, 1.54) is 6.20 Å². The summed E-state index contributed by atoms with van der Waals surface area (Å²) in [6.07, 6.45) is 9.77. The highest BCUT2D eigenvalue weighted by Crippen LogP contribution is 2.37. The van der Waals surface area contributed by atoms with Crippen molar-refractivity contribution in [3.8, 4) is 34.4 Å². The molecule has 0 radical (unpaired) electrons. The molecule has 0 aliphatic carbocycles. The lowest BCUT2D eigenvalue weighted by Crippen LogP contribution is -2.44. The van der Waals surface area contributed by atoms with Crippen LogP contribution < -0.4 is 19.5 Å². The zero-order valence-corrected chi connectivity index (χ0v) is 34.0. The van der Waals surface area contributed by atoms with E-state index in [0.717, 1.165) is 57.5 Å². The van der Waals surface area contributed by atoms with Gasteiger partial charge in [0, 0.05) is 48.5 Å². The number of carboxylic acid groups (broad SMARTS) is 2. The normalized spacial score (nSPS) is 14.6. The summed E-state index contributed by atoms with van der Waals surface area (Å²) in [4.78, 5) is 34.0. The van der Waals surface area contributed by atoms with E-state index in [4.69, 9.17) is 25.8 Å². The van der Waals surface area contributed by atoms with Gasteiger partial charge in [0.15, 0.2) is 0 Å². The van der Waals surface area contributed by atoms with Gasteiger partial charge in [-0.3, -0.25) is 24.5 Å². The van der Waals surface area contributed by atoms with E-state index in [9.17, 15) is 25.1 Å². The first kappa shape index (κ1) is 42.6. The smallest absolute Gasteiger partial charge is 0.321 e. The summed E-state index contributed by atoms with van der Waals surface area (Å²) in [6.45, 7) is 6.32. The van der Waals surface area contributed by atoms with Crippen LogP contribution in [-0.4, -0.2) is 68.8 Å². The van der Waals surface area contributed by atoms with E-state index in [1.54, 1.807) is 36.8 Å². The monoisotopic (exact) mass is 817 g/mol. The summed E-state index contributed by atoms with van der Waals surface area (Å²) < 4.78 is 18.9. The molecule has 1 aliphatic rings. The van der Waals surface area contributed by atoms with Gasteiger partial charge in [-0.25, -0.2) is 0 Å². The summed E-state index contributed by atoms with van der Waals surface area (Å²) in [7, 11) is 0. The molecule has 306 valence electrons. The van der Waals surface area contributed by atoms with Gasteiger partial charge in [0.05, 0.1) is 17.2 Å². The van der Waals surface area contributed by atoms with Gasteiger partial charge in [0.2, 0.25) is 0 Å². The van der Waals surface area contributed by atoms with E-state index in [-0.39, 0.29) is 13.2 Å². The van der Waals surface area contributed by atoms with Gasteiger partial charge in [-0.2, -0.15) is 5.26 Å². The van der Waals surface area contributed by atoms with Crippen LogP contribution in [0.15, 0.2) is 91.5 Å². The number of aliphatic carboxylic acids is 2. The Kier molecular flexibility index (Phi) is 14.9. The fraction of sp³-hybridized carbons (Fsp3) is 0.326. The largest absolute Gasteiger partial charge is 0.493 e. The van der Waals surface area contributed by atoms with Gasteiger partial charge >= 0.3 is 11.9 Å². The van der Waals surface area contributed by atoms with Crippen LogP contribution in [0, 0.1) is 25.2 Å². The van der Waals surface area contributed by atoms with Crippen molar-refractivity contribution in [1.82, 2.24) is 20.2 Å². The van der Waals surface area contributed by atoms with Crippen LogP contribution in [-0.2, 0) is 35.8 Å². The summed E-state index contributed by atoms with van der Waals surface area (Å²) >= 11 is 6.86. The number of pyridine rings is 2. The van der Waals surface area contributed by atoms with Gasteiger partial charge in [0.25, 0.3) is 0 Å². The molecular weight excluding hydrogens is 770 g/mol. The predicted octanol–water partition coefficient (Wildman–Crippen LogP) is 7.94. The fourth-order valence-electron chi connectivity index (χ4n) is 7.29. The lowest BCUT2D eigenvalue weighted by molar-refractivity contribution is -0.145. The van der Waals surface area contributed by atoms with Crippen LogP contribution in [0.2, 0.25) is 5.02 Å². The van der Waals surface area contributed by atoms with Crippen LogP contribution in [0.5, 0.6) is 17.2 Å². The maximum Gasteiger partial charge on any atom is 0.321 e. The third kappa shape index (κ3) is 11.4. The van der Waals surface area contributed by atoms with Gasteiger partial charge < -0.3 is 29.7 Å². The standard InChI is InChI=1S/C46H48ClN5O7/c1-30-35(8-5-9-37(30)38-10-6-12-42(31(38)2)57-19-7-15-51-40(45(53)54)21-32-13-16-49-17-14-32)29-59-44-23-43(58-28-34-20-33(24-48)25-50-26-34)36(22-39(44)47)27-52-18-4-3-11-41(52)46(55)56/h5-6,8-10,12-14,16-17,20,22-23,25-26,40-41,51H,3-4,7,11,15,18-19,21,27-29H2,1-2H3,(H,53,54)(H,55,56)/t40-,41-/m0/s1. The molecule has 5 aromatic rings. The molecule has 0 amide bonds. The van der Waals surface area contributed by atoms with Crippen molar-refractivity contribution in [3.63, 3.8) is 0 Å². The first-order valence-corrected chi connectivity index (χ1v) is 20.0. The fourth-order valence-corrected chi connectivity index (χ4v) is 7.53. The molecule has 3 aromatic carbocycles.